The number of rotatable bonds is 3. The van der Waals surface area contributed by atoms with Gasteiger partial charge in [-0.2, -0.15) is 0 Å². The summed E-state index contributed by atoms with van der Waals surface area (Å²) < 4.78 is 0. The van der Waals surface area contributed by atoms with Gasteiger partial charge >= 0.3 is 0 Å². The molecule has 0 N–H and O–H groups in total. The molecule has 1 fully saturated rings. The standard InChI is InChI=1S/C13H12N2O4/c16-12-6-3-9-14(12)13(17)8-7-10-4-1-2-5-11(10)15(18)19/h1-2,4-5,7-8H,3,6,9H2/b8-7+. The molecule has 0 saturated carbocycles. The Bertz CT molecular complexity index is 566. The zero-order valence-corrected chi connectivity index (χ0v) is 10.1. The van der Waals surface area contributed by atoms with E-state index in [1.54, 1.807) is 18.2 Å². The Morgan fingerprint density at radius 3 is 2.74 bits per heavy atom. The van der Waals surface area contributed by atoms with Gasteiger partial charge in [-0.1, -0.05) is 12.1 Å². The van der Waals surface area contributed by atoms with E-state index in [1.165, 1.54) is 18.2 Å². The fraction of sp³-hybridized carbons (Fsp3) is 0.231. The predicted molar refractivity (Wildman–Crippen MR) is 68.1 cm³/mol. The molecule has 1 saturated heterocycles. The number of hydrogen-bond donors (Lipinski definition) is 0. The minimum absolute atomic E-state index is 0.0701. The van der Waals surface area contributed by atoms with E-state index in [0.717, 1.165) is 4.90 Å². The Kier molecular flexibility index (Phi) is 3.70. The Hall–Kier alpha value is -2.50. The molecule has 1 aliphatic heterocycles. The molecule has 19 heavy (non-hydrogen) atoms. The van der Waals surface area contributed by atoms with E-state index in [4.69, 9.17) is 0 Å². The minimum Gasteiger partial charge on any atom is -0.279 e. The number of nitro groups is 1. The lowest BCUT2D eigenvalue weighted by atomic mass is 10.1. The van der Waals surface area contributed by atoms with Crippen LogP contribution in [0.4, 0.5) is 5.69 Å². The average Bonchev–Trinajstić information content (AvgIpc) is 2.82. The monoisotopic (exact) mass is 260 g/mol. The van der Waals surface area contributed by atoms with Crippen LogP contribution in [0.25, 0.3) is 6.08 Å². The third kappa shape index (κ3) is 2.85. The number of para-hydroxylation sites is 1. The number of hydrogen-bond acceptors (Lipinski definition) is 4. The molecule has 0 unspecified atom stereocenters. The van der Waals surface area contributed by atoms with Crippen molar-refractivity contribution in [3.8, 4) is 0 Å². The first-order valence-electron chi connectivity index (χ1n) is 5.85. The highest BCUT2D eigenvalue weighted by atomic mass is 16.6. The van der Waals surface area contributed by atoms with E-state index in [-0.39, 0.29) is 11.6 Å². The maximum Gasteiger partial charge on any atom is 0.276 e. The molecular formula is C13H12N2O4. The number of carbonyl (C=O) groups excluding carboxylic acids is 2. The molecule has 0 aromatic heterocycles. The lowest BCUT2D eigenvalue weighted by Gasteiger charge is -2.09. The normalized spacial score (nSPS) is 15.2. The molecule has 6 nitrogen and oxygen atoms in total. The van der Waals surface area contributed by atoms with E-state index in [9.17, 15) is 19.7 Å². The molecule has 98 valence electrons. The van der Waals surface area contributed by atoms with Crippen LogP contribution in [-0.4, -0.2) is 28.2 Å². The molecule has 1 heterocycles. The quantitative estimate of drug-likeness (QED) is 0.471. The molecule has 1 aromatic rings. The summed E-state index contributed by atoms with van der Waals surface area (Å²) in [7, 11) is 0. The first kappa shape index (κ1) is 12.9. The summed E-state index contributed by atoms with van der Waals surface area (Å²) in [5.41, 5.74) is 0.270. The summed E-state index contributed by atoms with van der Waals surface area (Å²) >= 11 is 0. The second-order valence-corrected chi connectivity index (χ2v) is 4.14. The fourth-order valence-electron chi connectivity index (χ4n) is 1.93. The molecule has 2 rings (SSSR count). The Morgan fingerprint density at radius 2 is 2.11 bits per heavy atom. The van der Waals surface area contributed by atoms with Gasteiger partial charge < -0.3 is 0 Å². The highest BCUT2D eigenvalue weighted by Crippen LogP contribution is 2.19. The van der Waals surface area contributed by atoms with Gasteiger partial charge in [0.25, 0.3) is 11.6 Å². The highest BCUT2D eigenvalue weighted by molar-refractivity contribution is 6.03. The topological polar surface area (TPSA) is 80.5 Å². The Morgan fingerprint density at radius 1 is 1.37 bits per heavy atom. The molecular weight excluding hydrogens is 248 g/mol. The third-order valence-corrected chi connectivity index (χ3v) is 2.88. The van der Waals surface area contributed by atoms with Crippen LogP contribution in [0.3, 0.4) is 0 Å². The van der Waals surface area contributed by atoms with E-state index in [2.05, 4.69) is 0 Å². The summed E-state index contributed by atoms with van der Waals surface area (Å²) in [6.45, 7) is 0.416. The van der Waals surface area contributed by atoms with E-state index < -0.39 is 10.8 Å². The van der Waals surface area contributed by atoms with Gasteiger partial charge in [-0.15, -0.1) is 0 Å². The molecule has 0 aliphatic carbocycles. The van der Waals surface area contributed by atoms with Gasteiger partial charge in [0.05, 0.1) is 10.5 Å². The number of nitrogens with zero attached hydrogens (tertiary/aromatic N) is 2. The van der Waals surface area contributed by atoms with Crippen molar-refractivity contribution in [2.75, 3.05) is 6.54 Å². The van der Waals surface area contributed by atoms with Gasteiger partial charge in [0.15, 0.2) is 0 Å². The van der Waals surface area contributed by atoms with Crippen molar-refractivity contribution >= 4 is 23.6 Å². The molecule has 1 aliphatic rings. The van der Waals surface area contributed by atoms with Crippen molar-refractivity contribution in [2.45, 2.75) is 12.8 Å². The van der Waals surface area contributed by atoms with Gasteiger partial charge in [-0.25, -0.2) is 0 Å². The van der Waals surface area contributed by atoms with Crippen LogP contribution in [0.1, 0.15) is 18.4 Å². The SMILES string of the molecule is O=C(/C=C/c1ccccc1[N+](=O)[O-])N1CCCC1=O. The second kappa shape index (κ2) is 5.43. The zero-order chi connectivity index (χ0) is 13.8. The van der Waals surface area contributed by atoms with Gasteiger partial charge in [-0.3, -0.25) is 24.6 Å². The van der Waals surface area contributed by atoms with Gasteiger partial charge in [0.1, 0.15) is 0 Å². The van der Waals surface area contributed by atoms with Gasteiger partial charge in [-0.05, 0) is 18.6 Å². The smallest absolute Gasteiger partial charge is 0.276 e. The highest BCUT2D eigenvalue weighted by Gasteiger charge is 2.24. The minimum atomic E-state index is -0.509. The number of benzene rings is 1. The molecule has 6 heteroatoms. The number of imide groups is 1. The summed E-state index contributed by atoms with van der Waals surface area (Å²) in [6.07, 6.45) is 3.62. The van der Waals surface area contributed by atoms with Crippen LogP contribution >= 0.6 is 0 Å². The van der Waals surface area contributed by atoms with Crippen LogP contribution in [0.5, 0.6) is 0 Å². The second-order valence-electron chi connectivity index (χ2n) is 4.14. The maximum absolute atomic E-state index is 11.8. The largest absolute Gasteiger partial charge is 0.279 e. The number of nitro benzene ring substituents is 1. The van der Waals surface area contributed by atoms with Crippen molar-refractivity contribution in [2.24, 2.45) is 0 Å². The van der Waals surface area contributed by atoms with Crippen LogP contribution < -0.4 is 0 Å². The van der Waals surface area contributed by atoms with Crippen molar-refractivity contribution in [1.29, 1.82) is 0 Å². The van der Waals surface area contributed by atoms with Crippen molar-refractivity contribution in [3.63, 3.8) is 0 Å². The Balaban J connectivity index is 2.17. The molecule has 0 radical (unpaired) electrons. The molecule has 1 aromatic carbocycles. The van der Waals surface area contributed by atoms with Crippen molar-refractivity contribution < 1.29 is 14.5 Å². The molecule has 0 spiro atoms. The predicted octanol–water partition coefficient (Wildman–Crippen LogP) is 1.76. The van der Waals surface area contributed by atoms with Crippen LogP contribution in [0, 0.1) is 10.1 Å². The molecule has 2 amide bonds. The lowest BCUT2D eigenvalue weighted by molar-refractivity contribution is -0.385. The zero-order valence-electron chi connectivity index (χ0n) is 10.1. The number of amides is 2. The summed E-state index contributed by atoms with van der Waals surface area (Å²) in [5, 5.41) is 10.8. The van der Waals surface area contributed by atoms with E-state index in [0.29, 0.717) is 24.9 Å². The Labute approximate surface area is 109 Å². The number of carbonyl (C=O) groups is 2. The van der Waals surface area contributed by atoms with Crippen molar-refractivity contribution in [1.82, 2.24) is 4.90 Å². The van der Waals surface area contributed by atoms with Gasteiger partial charge in [0, 0.05) is 25.1 Å². The fourth-order valence-corrected chi connectivity index (χ4v) is 1.93. The summed E-state index contributed by atoms with van der Waals surface area (Å²) in [4.78, 5) is 34.6. The van der Waals surface area contributed by atoms with E-state index in [1.807, 2.05) is 0 Å². The van der Waals surface area contributed by atoms with Crippen LogP contribution in [0.15, 0.2) is 30.3 Å². The third-order valence-electron chi connectivity index (χ3n) is 2.88. The first-order valence-corrected chi connectivity index (χ1v) is 5.85. The maximum atomic E-state index is 11.8. The molecule has 0 bridgehead atoms. The summed E-state index contributed by atoms with van der Waals surface area (Å²) in [5.74, 6) is -0.627. The van der Waals surface area contributed by atoms with Gasteiger partial charge in [0.2, 0.25) is 5.91 Å². The number of likely N-dealkylation sites (tertiary alicyclic amines) is 1. The summed E-state index contributed by atoms with van der Waals surface area (Å²) in [6, 6.07) is 6.12. The average molecular weight is 260 g/mol. The molecule has 0 atom stereocenters. The van der Waals surface area contributed by atoms with Crippen LogP contribution in [-0.2, 0) is 9.59 Å². The lowest BCUT2D eigenvalue weighted by Crippen LogP contribution is -2.30. The van der Waals surface area contributed by atoms with Crippen molar-refractivity contribution in [3.05, 3.63) is 46.0 Å². The first-order chi connectivity index (χ1) is 9.09. The van der Waals surface area contributed by atoms with Crippen LogP contribution in [0.2, 0.25) is 0 Å². The van der Waals surface area contributed by atoms with E-state index >= 15 is 0 Å².